The lowest BCUT2D eigenvalue weighted by Crippen LogP contribution is -2.48. The van der Waals surface area contributed by atoms with Crippen molar-refractivity contribution in [1.82, 2.24) is 4.90 Å². The van der Waals surface area contributed by atoms with E-state index >= 15 is 0 Å². The molecule has 0 aromatic carbocycles. The summed E-state index contributed by atoms with van der Waals surface area (Å²) in [5.41, 5.74) is 0.774. The molecule has 0 bridgehead atoms. The average Bonchev–Trinajstić information content (AvgIpc) is 2.16. The summed E-state index contributed by atoms with van der Waals surface area (Å²) in [5, 5.41) is 0. The number of hydrogen-bond acceptors (Lipinski definition) is 1. The van der Waals surface area contributed by atoms with Crippen LogP contribution in [0.15, 0.2) is 0 Å². The lowest BCUT2D eigenvalue weighted by atomic mass is 9.73. The van der Waals surface area contributed by atoms with Crippen LogP contribution in [0.5, 0.6) is 0 Å². The molecule has 1 saturated heterocycles. The van der Waals surface area contributed by atoms with Crippen molar-refractivity contribution in [2.45, 2.75) is 58.9 Å². The zero-order valence-corrected chi connectivity index (χ0v) is 10.3. The molecule has 1 aliphatic heterocycles. The maximum atomic E-state index is 5.88. The summed E-state index contributed by atoms with van der Waals surface area (Å²) >= 11 is 0. The molecule has 0 amide bonds. The van der Waals surface area contributed by atoms with Crippen LogP contribution in [0.3, 0.4) is 0 Å². The summed E-state index contributed by atoms with van der Waals surface area (Å²) in [6.07, 6.45) is 4.65. The van der Waals surface area contributed by atoms with Crippen LogP contribution in [-0.2, 0) is 0 Å². The van der Waals surface area contributed by atoms with Crippen molar-refractivity contribution < 1.29 is 0 Å². The van der Waals surface area contributed by atoms with Crippen LogP contribution >= 0.6 is 0 Å². The highest BCUT2D eigenvalue weighted by Crippen LogP contribution is 2.39. The van der Waals surface area contributed by atoms with E-state index in [0.717, 1.165) is 6.42 Å². The van der Waals surface area contributed by atoms with Gasteiger partial charge in [-0.3, -0.25) is 4.90 Å². The summed E-state index contributed by atoms with van der Waals surface area (Å²) in [6, 6.07) is 0. The first-order valence-electron chi connectivity index (χ1n) is 5.89. The van der Waals surface area contributed by atoms with Crippen LogP contribution in [0.1, 0.15) is 53.4 Å². The van der Waals surface area contributed by atoms with Gasteiger partial charge in [0.1, 0.15) is 0 Å². The van der Waals surface area contributed by atoms with Crippen molar-refractivity contribution in [3.05, 3.63) is 6.92 Å². The second kappa shape index (κ2) is 4.22. The molecule has 1 aliphatic rings. The normalized spacial score (nSPS) is 23.8. The first-order chi connectivity index (χ1) is 6.43. The maximum absolute atomic E-state index is 5.88. The highest BCUT2D eigenvalue weighted by molar-refractivity contribution is 4.89. The standard InChI is InChI=1S/C13H25N/c1-6-13(7-2)8-10-14(11-9-13)12(3,4)5/h1H,6-11H2,2-5H3. The van der Waals surface area contributed by atoms with Gasteiger partial charge in [-0.1, -0.05) is 13.3 Å². The molecule has 1 fully saturated rings. The van der Waals surface area contributed by atoms with E-state index in [1.54, 1.807) is 0 Å². The average molecular weight is 195 g/mol. The topological polar surface area (TPSA) is 3.24 Å². The molecule has 0 aliphatic carbocycles. The number of hydrogen-bond donors (Lipinski definition) is 0. The van der Waals surface area contributed by atoms with Gasteiger partial charge in [-0.2, -0.15) is 0 Å². The van der Waals surface area contributed by atoms with Gasteiger partial charge in [0.15, 0.2) is 0 Å². The van der Waals surface area contributed by atoms with Crippen LogP contribution in [0.25, 0.3) is 0 Å². The summed E-state index contributed by atoms with van der Waals surface area (Å²) in [5.74, 6) is 0. The number of piperidine rings is 1. The maximum Gasteiger partial charge on any atom is 0.0125 e. The van der Waals surface area contributed by atoms with E-state index < -0.39 is 0 Å². The smallest absolute Gasteiger partial charge is 0.0125 e. The Balaban J connectivity index is 2.53. The van der Waals surface area contributed by atoms with Crippen LogP contribution in [0.2, 0.25) is 0 Å². The minimum Gasteiger partial charge on any atom is -0.298 e. The Morgan fingerprint density at radius 3 is 2.00 bits per heavy atom. The SMILES string of the molecule is [CH]CC1(CC)CCN(C(C)(C)C)CC1. The van der Waals surface area contributed by atoms with Gasteiger partial charge in [-0.25, -0.2) is 0 Å². The quantitative estimate of drug-likeness (QED) is 0.653. The minimum atomic E-state index is 0.328. The van der Waals surface area contributed by atoms with Gasteiger partial charge >= 0.3 is 0 Å². The summed E-state index contributed by atoms with van der Waals surface area (Å²) in [7, 11) is 0. The number of nitrogens with zero attached hydrogens (tertiary/aromatic N) is 1. The summed E-state index contributed by atoms with van der Waals surface area (Å²) in [4.78, 5) is 2.58. The minimum absolute atomic E-state index is 0.328. The van der Waals surface area contributed by atoms with E-state index in [9.17, 15) is 0 Å². The van der Waals surface area contributed by atoms with Gasteiger partial charge in [0, 0.05) is 5.54 Å². The van der Waals surface area contributed by atoms with Gasteiger partial charge in [-0.05, 0) is 65.5 Å². The third-order valence-electron chi connectivity index (χ3n) is 3.96. The largest absolute Gasteiger partial charge is 0.298 e. The van der Waals surface area contributed by atoms with E-state index in [4.69, 9.17) is 6.92 Å². The van der Waals surface area contributed by atoms with Crippen LogP contribution in [-0.4, -0.2) is 23.5 Å². The molecular formula is C13H25N. The lowest BCUT2D eigenvalue weighted by Gasteiger charge is -2.46. The molecule has 0 spiro atoms. The molecule has 1 heterocycles. The molecule has 0 aromatic heterocycles. The van der Waals surface area contributed by atoms with Crippen molar-refractivity contribution in [3.8, 4) is 0 Å². The summed E-state index contributed by atoms with van der Waals surface area (Å²) < 4.78 is 0. The Morgan fingerprint density at radius 1 is 1.21 bits per heavy atom. The number of rotatable bonds is 2. The Kier molecular flexibility index (Phi) is 3.63. The first-order valence-corrected chi connectivity index (χ1v) is 5.89. The molecular weight excluding hydrogens is 170 g/mol. The highest BCUT2D eigenvalue weighted by atomic mass is 15.2. The van der Waals surface area contributed by atoms with E-state index in [1.165, 1.54) is 32.4 Å². The Bertz CT molecular complexity index is 164. The molecule has 14 heavy (non-hydrogen) atoms. The molecule has 0 saturated carbocycles. The Hall–Kier alpha value is -0.0400. The van der Waals surface area contributed by atoms with Gasteiger partial charge in [-0.15, -0.1) is 0 Å². The van der Waals surface area contributed by atoms with Crippen molar-refractivity contribution in [2.75, 3.05) is 13.1 Å². The van der Waals surface area contributed by atoms with Crippen molar-refractivity contribution in [1.29, 1.82) is 0 Å². The molecule has 1 rings (SSSR count). The monoisotopic (exact) mass is 195 g/mol. The Labute approximate surface area is 89.9 Å². The van der Waals surface area contributed by atoms with E-state index in [2.05, 4.69) is 32.6 Å². The highest BCUT2D eigenvalue weighted by Gasteiger charge is 2.34. The summed E-state index contributed by atoms with van der Waals surface area (Å²) in [6.45, 7) is 17.5. The van der Waals surface area contributed by atoms with E-state index in [-0.39, 0.29) is 0 Å². The first kappa shape index (κ1) is 12.0. The molecule has 0 N–H and O–H groups in total. The van der Waals surface area contributed by atoms with Crippen LogP contribution < -0.4 is 0 Å². The van der Waals surface area contributed by atoms with Crippen LogP contribution in [0.4, 0.5) is 0 Å². The third-order valence-corrected chi connectivity index (χ3v) is 3.96. The molecule has 2 radical (unpaired) electrons. The van der Waals surface area contributed by atoms with Gasteiger partial charge in [0.05, 0.1) is 0 Å². The van der Waals surface area contributed by atoms with Gasteiger partial charge in [0.25, 0.3) is 0 Å². The fourth-order valence-corrected chi connectivity index (χ4v) is 2.35. The fourth-order valence-electron chi connectivity index (χ4n) is 2.35. The van der Waals surface area contributed by atoms with Crippen molar-refractivity contribution in [3.63, 3.8) is 0 Å². The fraction of sp³-hybridized carbons (Fsp3) is 0.923. The Morgan fingerprint density at radius 2 is 1.71 bits per heavy atom. The molecule has 82 valence electrons. The second-order valence-corrected chi connectivity index (χ2v) is 5.72. The zero-order chi connectivity index (χ0) is 10.8. The lowest BCUT2D eigenvalue weighted by molar-refractivity contribution is 0.0412. The van der Waals surface area contributed by atoms with E-state index in [0.29, 0.717) is 11.0 Å². The zero-order valence-electron chi connectivity index (χ0n) is 10.3. The van der Waals surface area contributed by atoms with Crippen LogP contribution in [0, 0.1) is 12.3 Å². The second-order valence-electron chi connectivity index (χ2n) is 5.72. The van der Waals surface area contributed by atoms with Crippen molar-refractivity contribution in [2.24, 2.45) is 5.41 Å². The molecule has 0 unspecified atom stereocenters. The predicted molar refractivity (Wildman–Crippen MR) is 62.2 cm³/mol. The third kappa shape index (κ3) is 2.50. The van der Waals surface area contributed by atoms with Gasteiger partial charge in [0.2, 0.25) is 0 Å². The number of likely N-dealkylation sites (tertiary alicyclic amines) is 1. The molecule has 1 heteroatoms. The predicted octanol–water partition coefficient (Wildman–Crippen LogP) is 3.38. The van der Waals surface area contributed by atoms with Gasteiger partial charge < -0.3 is 0 Å². The molecule has 0 aromatic rings. The molecule has 0 atom stereocenters. The molecule has 1 nitrogen and oxygen atoms in total. The van der Waals surface area contributed by atoms with E-state index in [1.807, 2.05) is 0 Å². The van der Waals surface area contributed by atoms with Crippen molar-refractivity contribution >= 4 is 0 Å².